The van der Waals surface area contributed by atoms with Gasteiger partial charge in [-0.3, -0.25) is 4.79 Å². The second-order valence-corrected chi connectivity index (χ2v) is 3.37. The molecule has 1 atom stereocenters. The van der Waals surface area contributed by atoms with E-state index in [-0.39, 0.29) is 11.9 Å². The summed E-state index contributed by atoms with van der Waals surface area (Å²) in [5.74, 6) is -2.00. The van der Waals surface area contributed by atoms with E-state index in [2.05, 4.69) is 5.32 Å². The Hall–Kier alpha value is -1.13. The fourth-order valence-electron chi connectivity index (χ4n) is 1.51. The summed E-state index contributed by atoms with van der Waals surface area (Å²) in [4.78, 5) is 20.7. The van der Waals surface area contributed by atoms with Gasteiger partial charge in [0.25, 0.3) is 0 Å². The van der Waals surface area contributed by atoms with Crippen molar-refractivity contribution >= 4 is 11.9 Å². The molecule has 0 aromatic carbocycles. The molecule has 13 heavy (non-hydrogen) atoms. The second-order valence-electron chi connectivity index (χ2n) is 3.37. The van der Waals surface area contributed by atoms with E-state index in [9.17, 15) is 14.0 Å². The molecule has 0 saturated heterocycles. The summed E-state index contributed by atoms with van der Waals surface area (Å²) < 4.78 is 12.8. The van der Waals surface area contributed by atoms with Crippen molar-refractivity contribution in [1.82, 2.24) is 5.32 Å². The van der Waals surface area contributed by atoms with Gasteiger partial charge in [-0.1, -0.05) is 0 Å². The molecular formula is C8H12FNO3. The lowest BCUT2D eigenvalue weighted by atomic mass is 9.77. The highest BCUT2D eigenvalue weighted by atomic mass is 19.1. The van der Waals surface area contributed by atoms with E-state index in [1.54, 1.807) is 0 Å². The van der Waals surface area contributed by atoms with Crippen LogP contribution in [0.25, 0.3) is 0 Å². The van der Waals surface area contributed by atoms with Crippen molar-refractivity contribution in [3.63, 3.8) is 0 Å². The van der Waals surface area contributed by atoms with Gasteiger partial charge in [-0.2, -0.15) is 0 Å². The first-order valence-electron chi connectivity index (χ1n) is 4.14. The number of alkyl halides is 1. The number of amides is 1. The summed E-state index contributed by atoms with van der Waals surface area (Å²) in [6.07, 6.45) is -0.940. The largest absolute Gasteiger partial charge is 0.479 e. The van der Waals surface area contributed by atoms with E-state index in [4.69, 9.17) is 5.11 Å². The number of carboxylic acid groups (broad SMARTS) is 1. The molecule has 0 spiro atoms. The van der Waals surface area contributed by atoms with Crippen LogP contribution >= 0.6 is 0 Å². The maximum absolute atomic E-state index is 12.8. The lowest BCUT2D eigenvalue weighted by Gasteiger charge is -2.36. The lowest BCUT2D eigenvalue weighted by molar-refractivity contribution is -0.146. The lowest BCUT2D eigenvalue weighted by Crippen LogP contribution is -2.47. The summed E-state index contributed by atoms with van der Waals surface area (Å²) in [6, 6.07) is -0.0416. The molecule has 0 aromatic heterocycles. The fourth-order valence-corrected chi connectivity index (χ4v) is 1.51. The molecule has 4 nitrogen and oxygen atoms in total. The smallest absolute Gasteiger partial charge is 0.338 e. The SMILES string of the molecule is CC(=O)NC1CC(C(F)C(=O)O)C1. The zero-order chi connectivity index (χ0) is 10.0. The predicted octanol–water partition coefficient (Wildman–Crippen LogP) is 0.324. The van der Waals surface area contributed by atoms with Crippen molar-refractivity contribution in [1.29, 1.82) is 0 Å². The Morgan fingerprint density at radius 2 is 2.08 bits per heavy atom. The molecule has 0 heterocycles. The highest BCUT2D eigenvalue weighted by Gasteiger charge is 2.39. The molecular weight excluding hydrogens is 177 g/mol. The van der Waals surface area contributed by atoms with Crippen molar-refractivity contribution < 1.29 is 19.1 Å². The molecule has 1 saturated carbocycles. The van der Waals surface area contributed by atoms with E-state index in [0.29, 0.717) is 12.8 Å². The molecule has 1 unspecified atom stereocenters. The molecule has 0 aliphatic heterocycles. The van der Waals surface area contributed by atoms with E-state index in [1.165, 1.54) is 6.92 Å². The van der Waals surface area contributed by atoms with Gasteiger partial charge in [-0.25, -0.2) is 9.18 Å². The summed E-state index contributed by atoms with van der Waals surface area (Å²) in [7, 11) is 0. The second kappa shape index (κ2) is 3.72. The highest BCUT2D eigenvalue weighted by molar-refractivity contribution is 5.74. The third kappa shape index (κ3) is 2.40. The van der Waals surface area contributed by atoms with Crippen molar-refractivity contribution in [2.24, 2.45) is 5.92 Å². The third-order valence-electron chi connectivity index (χ3n) is 2.23. The maximum Gasteiger partial charge on any atom is 0.338 e. The van der Waals surface area contributed by atoms with Gasteiger partial charge in [-0.15, -0.1) is 0 Å². The van der Waals surface area contributed by atoms with Crippen molar-refractivity contribution in [3.8, 4) is 0 Å². The van der Waals surface area contributed by atoms with Crippen LogP contribution in [0.5, 0.6) is 0 Å². The Morgan fingerprint density at radius 1 is 1.54 bits per heavy atom. The number of nitrogens with one attached hydrogen (secondary N) is 1. The summed E-state index contributed by atoms with van der Waals surface area (Å²) in [5.41, 5.74) is 0. The molecule has 2 N–H and O–H groups in total. The van der Waals surface area contributed by atoms with Gasteiger partial charge in [0.05, 0.1) is 0 Å². The molecule has 0 radical (unpaired) electrons. The van der Waals surface area contributed by atoms with Crippen LogP contribution in [0.1, 0.15) is 19.8 Å². The number of carboxylic acids is 1. The summed E-state index contributed by atoms with van der Waals surface area (Å²) in [5, 5.41) is 10.9. The quantitative estimate of drug-likeness (QED) is 0.672. The minimum Gasteiger partial charge on any atom is -0.479 e. The molecule has 1 rings (SSSR count). The van der Waals surface area contributed by atoms with Crippen LogP contribution in [0.2, 0.25) is 0 Å². The zero-order valence-electron chi connectivity index (χ0n) is 7.29. The third-order valence-corrected chi connectivity index (χ3v) is 2.23. The number of hydrogen-bond acceptors (Lipinski definition) is 2. The van der Waals surface area contributed by atoms with Crippen LogP contribution in [0.3, 0.4) is 0 Å². The molecule has 1 fully saturated rings. The zero-order valence-corrected chi connectivity index (χ0v) is 7.29. The first-order chi connectivity index (χ1) is 6.00. The predicted molar refractivity (Wildman–Crippen MR) is 42.9 cm³/mol. The Bertz CT molecular complexity index is 225. The molecule has 5 heteroatoms. The van der Waals surface area contributed by atoms with Crippen LogP contribution < -0.4 is 5.32 Å². The molecule has 0 bridgehead atoms. The number of carbonyl (C=O) groups is 2. The van der Waals surface area contributed by atoms with Crippen molar-refractivity contribution in [2.45, 2.75) is 32.0 Å². The van der Waals surface area contributed by atoms with Crippen molar-refractivity contribution in [2.75, 3.05) is 0 Å². The molecule has 1 aliphatic rings. The first kappa shape index (κ1) is 9.95. The standard InChI is InChI=1S/C8H12FNO3/c1-4(11)10-6-2-5(3-6)7(9)8(12)13/h5-7H,2-3H2,1H3,(H,10,11)(H,12,13). The average molecular weight is 189 g/mol. The monoisotopic (exact) mass is 189 g/mol. The van der Waals surface area contributed by atoms with E-state index in [1.807, 2.05) is 0 Å². The number of halogens is 1. The van der Waals surface area contributed by atoms with Crippen molar-refractivity contribution in [3.05, 3.63) is 0 Å². The van der Waals surface area contributed by atoms with Gasteiger partial charge in [0.1, 0.15) is 0 Å². The van der Waals surface area contributed by atoms with Crippen LogP contribution in [-0.2, 0) is 9.59 Å². The maximum atomic E-state index is 12.8. The first-order valence-corrected chi connectivity index (χ1v) is 4.14. The average Bonchev–Trinajstić information content (AvgIpc) is 1.94. The Balaban J connectivity index is 2.25. The minimum atomic E-state index is -1.79. The Kier molecular flexibility index (Phi) is 2.85. The van der Waals surface area contributed by atoms with Gasteiger partial charge < -0.3 is 10.4 Å². The minimum absolute atomic E-state index is 0.0416. The number of aliphatic carboxylic acids is 1. The van der Waals surface area contributed by atoms with E-state index >= 15 is 0 Å². The number of hydrogen-bond donors (Lipinski definition) is 2. The number of rotatable bonds is 3. The fraction of sp³-hybridized carbons (Fsp3) is 0.750. The number of carbonyl (C=O) groups excluding carboxylic acids is 1. The summed E-state index contributed by atoms with van der Waals surface area (Å²) in [6.45, 7) is 1.39. The highest BCUT2D eigenvalue weighted by Crippen LogP contribution is 2.32. The normalized spacial score (nSPS) is 28.8. The van der Waals surface area contributed by atoms with E-state index in [0.717, 1.165) is 0 Å². The van der Waals surface area contributed by atoms with E-state index < -0.39 is 18.1 Å². The topological polar surface area (TPSA) is 66.4 Å². The van der Waals surface area contributed by atoms with Gasteiger partial charge in [0.2, 0.25) is 5.91 Å². The van der Waals surface area contributed by atoms with Gasteiger partial charge in [0, 0.05) is 18.9 Å². The molecule has 0 aromatic rings. The van der Waals surface area contributed by atoms with Crippen LogP contribution in [0.4, 0.5) is 4.39 Å². The molecule has 74 valence electrons. The van der Waals surface area contributed by atoms with Gasteiger partial charge in [-0.05, 0) is 12.8 Å². The van der Waals surface area contributed by atoms with Gasteiger partial charge in [0.15, 0.2) is 6.17 Å². The Labute approximate surface area is 75.1 Å². The molecule has 1 amide bonds. The molecule has 1 aliphatic carbocycles. The van der Waals surface area contributed by atoms with Crippen LogP contribution in [0, 0.1) is 5.92 Å². The summed E-state index contributed by atoms with van der Waals surface area (Å²) >= 11 is 0. The van der Waals surface area contributed by atoms with Crippen LogP contribution in [-0.4, -0.2) is 29.2 Å². The van der Waals surface area contributed by atoms with Gasteiger partial charge >= 0.3 is 5.97 Å². The Morgan fingerprint density at radius 3 is 2.46 bits per heavy atom. The van der Waals surface area contributed by atoms with Crippen LogP contribution in [0.15, 0.2) is 0 Å².